The lowest BCUT2D eigenvalue weighted by atomic mass is 10.2. The summed E-state index contributed by atoms with van der Waals surface area (Å²) in [6, 6.07) is 12.6. The Bertz CT molecular complexity index is 557. The van der Waals surface area contributed by atoms with Gasteiger partial charge in [-0.25, -0.2) is 4.39 Å². The molecule has 2 aromatic carbocycles. The monoisotopic (exact) mass is 341 g/mol. The third-order valence-corrected chi connectivity index (χ3v) is 3.85. The van der Waals surface area contributed by atoms with Crippen molar-refractivity contribution < 1.29 is 4.39 Å². The van der Waals surface area contributed by atoms with E-state index in [9.17, 15) is 4.39 Å². The number of alkyl halides is 1. The Hall–Kier alpha value is -1.06. The molecule has 0 saturated carbocycles. The molecule has 0 aliphatic carbocycles. The van der Waals surface area contributed by atoms with E-state index in [1.165, 1.54) is 12.1 Å². The van der Waals surface area contributed by atoms with Crippen molar-refractivity contribution in [3.8, 4) is 0 Å². The van der Waals surface area contributed by atoms with E-state index < -0.39 is 0 Å². The molecule has 0 heterocycles. The van der Waals surface area contributed by atoms with Crippen molar-refractivity contribution in [2.45, 2.75) is 12.4 Å². The van der Waals surface area contributed by atoms with Gasteiger partial charge in [-0.05, 0) is 51.3 Å². The average Bonchev–Trinajstić information content (AvgIpc) is 2.41. The van der Waals surface area contributed by atoms with Crippen LogP contribution in [0.15, 0.2) is 46.9 Å². The van der Waals surface area contributed by atoms with Crippen molar-refractivity contribution >= 4 is 33.2 Å². The molecule has 0 amide bonds. The molecule has 100 valence electrons. The molecule has 0 aromatic heterocycles. The van der Waals surface area contributed by atoms with Gasteiger partial charge in [0.15, 0.2) is 0 Å². The lowest BCUT2D eigenvalue weighted by molar-refractivity contribution is 0.627. The first-order valence-corrected chi connectivity index (χ1v) is 7.23. The van der Waals surface area contributed by atoms with Gasteiger partial charge in [-0.15, -0.1) is 11.6 Å². The summed E-state index contributed by atoms with van der Waals surface area (Å²) < 4.78 is 13.9. The molecule has 0 bridgehead atoms. The van der Waals surface area contributed by atoms with E-state index in [0.717, 1.165) is 27.8 Å². The summed E-state index contributed by atoms with van der Waals surface area (Å²) in [6.07, 6.45) is 0. The summed E-state index contributed by atoms with van der Waals surface area (Å²) in [4.78, 5) is 2.11. The maximum Gasteiger partial charge on any atom is 0.123 e. The minimum atomic E-state index is -0.209. The number of nitrogens with zero attached hydrogens (tertiary/aromatic N) is 1. The summed E-state index contributed by atoms with van der Waals surface area (Å²) in [5.41, 5.74) is 3.22. The number of hydrogen-bond acceptors (Lipinski definition) is 1. The van der Waals surface area contributed by atoms with Crippen LogP contribution in [0.25, 0.3) is 0 Å². The Morgan fingerprint density at radius 3 is 2.32 bits per heavy atom. The Kier molecular flexibility index (Phi) is 4.83. The highest BCUT2D eigenvalue weighted by Crippen LogP contribution is 2.28. The Morgan fingerprint density at radius 2 is 1.74 bits per heavy atom. The lowest BCUT2D eigenvalue weighted by Gasteiger charge is -2.21. The van der Waals surface area contributed by atoms with Gasteiger partial charge in [0, 0.05) is 23.9 Å². The second-order valence-corrected chi connectivity index (χ2v) is 5.52. The van der Waals surface area contributed by atoms with Gasteiger partial charge < -0.3 is 4.90 Å². The highest BCUT2D eigenvalue weighted by molar-refractivity contribution is 9.10. The van der Waals surface area contributed by atoms with Crippen LogP contribution in [-0.2, 0) is 12.4 Å². The fraction of sp³-hybridized carbons (Fsp3) is 0.200. The Labute approximate surface area is 126 Å². The fourth-order valence-electron chi connectivity index (χ4n) is 1.89. The van der Waals surface area contributed by atoms with Crippen LogP contribution in [0.3, 0.4) is 0 Å². The summed E-state index contributed by atoms with van der Waals surface area (Å²) >= 11 is 9.36. The van der Waals surface area contributed by atoms with Crippen LogP contribution >= 0.6 is 27.5 Å². The van der Waals surface area contributed by atoms with E-state index in [2.05, 4.69) is 20.8 Å². The van der Waals surface area contributed by atoms with Crippen molar-refractivity contribution in [3.05, 3.63) is 63.9 Å². The molecule has 0 radical (unpaired) electrons. The zero-order valence-electron chi connectivity index (χ0n) is 10.5. The van der Waals surface area contributed by atoms with Crippen molar-refractivity contribution in [3.63, 3.8) is 0 Å². The second kappa shape index (κ2) is 6.40. The van der Waals surface area contributed by atoms with E-state index >= 15 is 0 Å². The number of rotatable bonds is 4. The summed E-state index contributed by atoms with van der Waals surface area (Å²) in [5, 5.41) is 0. The molecule has 0 aliphatic heterocycles. The standard InChI is InChI=1S/C15H14BrClFN/c1-19(10-11-2-5-13(18)6-3-11)15-7-4-12(9-17)8-14(15)16/h2-8H,9-10H2,1H3. The molecule has 19 heavy (non-hydrogen) atoms. The first-order valence-electron chi connectivity index (χ1n) is 5.90. The van der Waals surface area contributed by atoms with E-state index in [1.807, 2.05) is 25.2 Å². The highest BCUT2D eigenvalue weighted by Gasteiger charge is 2.07. The number of benzene rings is 2. The Balaban J connectivity index is 2.15. The van der Waals surface area contributed by atoms with Gasteiger partial charge in [0.2, 0.25) is 0 Å². The number of anilines is 1. The SMILES string of the molecule is CN(Cc1ccc(F)cc1)c1ccc(CCl)cc1Br. The minimum Gasteiger partial charge on any atom is -0.369 e. The molecule has 1 nitrogen and oxygen atoms in total. The minimum absolute atomic E-state index is 0.209. The van der Waals surface area contributed by atoms with Crippen LogP contribution < -0.4 is 4.90 Å². The molecule has 0 saturated heterocycles. The molecule has 0 unspecified atom stereocenters. The third-order valence-electron chi connectivity index (χ3n) is 2.91. The van der Waals surface area contributed by atoms with Gasteiger partial charge in [0.1, 0.15) is 5.82 Å². The van der Waals surface area contributed by atoms with Crippen LogP contribution in [0, 0.1) is 5.82 Å². The predicted octanol–water partition coefficient (Wildman–Crippen LogP) is 4.96. The topological polar surface area (TPSA) is 3.24 Å². The van der Waals surface area contributed by atoms with Gasteiger partial charge in [-0.1, -0.05) is 18.2 Å². The van der Waals surface area contributed by atoms with Crippen LogP contribution in [0.5, 0.6) is 0 Å². The first-order chi connectivity index (χ1) is 9.10. The second-order valence-electron chi connectivity index (χ2n) is 4.40. The smallest absolute Gasteiger partial charge is 0.123 e. The molecule has 0 atom stereocenters. The van der Waals surface area contributed by atoms with Crippen LogP contribution in [0.1, 0.15) is 11.1 Å². The van der Waals surface area contributed by atoms with Crippen molar-refractivity contribution in [2.75, 3.05) is 11.9 Å². The van der Waals surface area contributed by atoms with Gasteiger partial charge in [-0.3, -0.25) is 0 Å². The molecule has 0 aliphatic rings. The molecular formula is C15H14BrClFN. The van der Waals surface area contributed by atoms with E-state index in [1.54, 1.807) is 12.1 Å². The molecule has 2 aromatic rings. The lowest BCUT2D eigenvalue weighted by Crippen LogP contribution is -2.16. The maximum atomic E-state index is 12.9. The third kappa shape index (κ3) is 3.71. The van der Waals surface area contributed by atoms with Crippen molar-refractivity contribution in [2.24, 2.45) is 0 Å². The zero-order chi connectivity index (χ0) is 13.8. The van der Waals surface area contributed by atoms with Crippen LogP contribution in [0.2, 0.25) is 0 Å². The fourth-order valence-corrected chi connectivity index (χ4v) is 2.79. The van der Waals surface area contributed by atoms with Crippen LogP contribution in [-0.4, -0.2) is 7.05 Å². The number of hydrogen-bond donors (Lipinski definition) is 0. The van der Waals surface area contributed by atoms with E-state index in [0.29, 0.717) is 5.88 Å². The average molecular weight is 343 g/mol. The number of halogens is 3. The highest BCUT2D eigenvalue weighted by atomic mass is 79.9. The van der Waals surface area contributed by atoms with Gasteiger partial charge in [0.05, 0.1) is 5.69 Å². The molecule has 2 rings (SSSR count). The van der Waals surface area contributed by atoms with Gasteiger partial charge >= 0.3 is 0 Å². The maximum absolute atomic E-state index is 12.9. The zero-order valence-corrected chi connectivity index (χ0v) is 12.9. The van der Waals surface area contributed by atoms with Gasteiger partial charge in [-0.2, -0.15) is 0 Å². The van der Waals surface area contributed by atoms with Crippen LogP contribution in [0.4, 0.5) is 10.1 Å². The predicted molar refractivity (Wildman–Crippen MR) is 82.2 cm³/mol. The van der Waals surface area contributed by atoms with Gasteiger partial charge in [0.25, 0.3) is 0 Å². The van der Waals surface area contributed by atoms with Crippen molar-refractivity contribution in [1.29, 1.82) is 0 Å². The molecule has 4 heteroatoms. The first kappa shape index (κ1) is 14.4. The molecule has 0 fully saturated rings. The Morgan fingerprint density at radius 1 is 1.11 bits per heavy atom. The quantitative estimate of drug-likeness (QED) is 0.710. The summed E-state index contributed by atoms with van der Waals surface area (Å²) in [7, 11) is 2.00. The van der Waals surface area contributed by atoms with Crippen molar-refractivity contribution in [1.82, 2.24) is 0 Å². The molecular weight excluding hydrogens is 329 g/mol. The van der Waals surface area contributed by atoms with E-state index in [-0.39, 0.29) is 5.82 Å². The normalized spacial score (nSPS) is 10.5. The molecule has 0 N–H and O–H groups in total. The largest absolute Gasteiger partial charge is 0.369 e. The summed E-state index contributed by atoms with van der Waals surface area (Å²) in [6.45, 7) is 0.721. The molecule has 0 spiro atoms. The summed E-state index contributed by atoms with van der Waals surface area (Å²) in [5.74, 6) is 0.291. The van der Waals surface area contributed by atoms with E-state index in [4.69, 9.17) is 11.6 Å².